The van der Waals surface area contributed by atoms with Gasteiger partial charge < -0.3 is 20.4 Å². The first-order valence-electron chi connectivity index (χ1n) is 4.75. The molecule has 4 N–H and O–H groups in total. The third kappa shape index (κ3) is 2.02. The van der Waals surface area contributed by atoms with Crippen LogP contribution in [-0.2, 0) is 0 Å². The molecule has 78 valence electrons. The van der Waals surface area contributed by atoms with E-state index in [1.165, 1.54) is 6.92 Å². The maximum Gasteiger partial charge on any atom is 0.119 e. The van der Waals surface area contributed by atoms with E-state index in [-0.39, 0.29) is 0 Å². The van der Waals surface area contributed by atoms with Crippen molar-refractivity contribution in [2.45, 2.75) is 56.5 Å². The summed E-state index contributed by atoms with van der Waals surface area (Å²) in [4.78, 5) is 0. The number of rotatable bonds is 2. The molecule has 1 saturated carbocycles. The van der Waals surface area contributed by atoms with Crippen LogP contribution in [0.4, 0.5) is 0 Å². The second kappa shape index (κ2) is 3.92. The molecule has 0 bridgehead atoms. The molecule has 1 aliphatic rings. The third-order valence-corrected chi connectivity index (χ3v) is 2.85. The van der Waals surface area contributed by atoms with Gasteiger partial charge in [0.2, 0.25) is 0 Å². The average molecular weight is 190 g/mol. The van der Waals surface area contributed by atoms with Crippen LogP contribution in [0.3, 0.4) is 0 Å². The summed E-state index contributed by atoms with van der Waals surface area (Å²) in [6.07, 6.45) is -0.736. The van der Waals surface area contributed by atoms with Gasteiger partial charge in [0.25, 0.3) is 0 Å². The Morgan fingerprint density at radius 1 is 1.31 bits per heavy atom. The number of aliphatic hydroxyl groups is 4. The lowest BCUT2D eigenvalue weighted by atomic mass is 9.77. The SMILES string of the molecule is CC(O)C(O)C1(O)CCCCC1O. The molecule has 13 heavy (non-hydrogen) atoms. The van der Waals surface area contributed by atoms with Gasteiger partial charge in [0.05, 0.1) is 12.2 Å². The maximum atomic E-state index is 9.92. The van der Waals surface area contributed by atoms with Gasteiger partial charge >= 0.3 is 0 Å². The quantitative estimate of drug-likeness (QED) is 0.468. The lowest BCUT2D eigenvalue weighted by Gasteiger charge is -2.41. The van der Waals surface area contributed by atoms with Gasteiger partial charge in [0.1, 0.15) is 11.7 Å². The molecule has 0 heterocycles. The monoisotopic (exact) mass is 190 g/mol. The second-order valence-electron chi connectivity index (χ2n) is 3.94. The Labute approximate surface area is 77.8 Å². The van der Waals surface area contributed by atoms with Crippen molar-refractivity contribution in [3.8, 4) is 0 Å². The van der Waals surface area contributed by atoms with Crippen LogP contribution < -0.4 is 0 Å². The van der Waals surface area contributed by atoms with Gasteiger partial charge in [-0.1, -0.05) is 12.8 Å². The van der Waals surface area contributed by atoms with Crippen LogP contribution in [0, 0.1) is 0 Å². The molecule has 0 aromatic rings. The Bertz CT molecular complexity index is 171. The Morgan fingerprint density at radius 3 is 2.38 bits per heavy atom. The summed E-state index contributed by atoms with van der Waals surface area (Å²) in [5.74, 6) is 0. The molecule has 4 nitrogen and oxygen atoms in total. The van der Waals surface area contributed by atoms with E-state index < -0.39 is 23.9 Å². The van der Waals surface area contributed by atoms with E-state index in [9.17, 15) is 15.3 Å². The van der Waals surface area contributed by atoms with Crippen molar-refractivity contribution in [1.82, 2.24) is 0 Å². The van der Waals surface area contributed by atoms with Gasteiger partial charge in [-0.05, 0) is 19.8 Å². The molecule has 0 spiro atoms. The lowest BCUT2D eigenvalue weighted by molar-refractivity contribution is -0.188. The molecule has 1 aliphatic carbocycles. The standard InChI is InChI=1S/C9H18O4/c1-6(10)8(12)9(13)5-3-2-4-7(9)11/h6-8,10-13H,2-5H2,1H3. The van der Waals surface area contributed by atoms with E-state index in [0.717, 1.165) is 12.8 Å². The van der Waals surface area contributed by atoms with Crippen LogP contribution in [0.5, 0.6) is 0 Å². The summed E-state index contributed by atoms with van der Waals surface area (Å²) in [6, 6.07) is 0. The van der Waals surface area contributed by atoms with Crippen molar-refractivity contribution < 1.29 is 20.4 Å². The Kier molecular flexibility index (Phi) is 3.29. The van der Waals surface area contributed by atoms with E-state index in [4.69, 9.17) is 5.11 Å². The Balaban J connectivity index is 2.71. The lowest BCUT2D eigenvalue weighted by Crippen LogP contribution is -2.57. The first-order valence-corrected chi connectivity index (χ1v) is 4.75. The highest BCUT2D eigenvalue weighted by Gasteiger charge is 2.45. The molecule has 4 unspecified atom stereocenters. The predicted octanol–water partition coefficient (Wildman–Crippen LogP) is -0.606. The smallest absolute Gasteiger partial charge is 0.119 e. The fourth-order valence-corrected chi connectivity index (χ4v) is 1.93. The minimum atomic E-state index is -1.52. The zero-order valence-corrected chi connectivity index (χ0v) is 7.85. The maximum absolute atomic E-state index is 9.92. The van der Waals surface area contributed by atoms with E-state index in [1.807, 2.05) is 0 Å². The summed E-state index contributed by atoms with van der Waals surface area (Å²) >= 11 is 0. The van der Waals surface area contributed by atoms with E-state index in [0.29, 0.717) is 12.8 Å². The summed E-state index contributed by atoms with van der Waals surface area (Å²) in [7, 11) is 0. The minimum absolute atomic E-state index is 0.347. The van der Waals surface area contributed by atoms with E-state index in [1.54, 1.807) is 0 Å². The van der Waals surface area contributed by atoms with Crippen molar-refractivity contribution in [3.05, 3.63) is 0 Å². The zero-order chi connectivity index (χ0) is 10.1. The van der Waals surface area contributed by atoms with Crippen molar-refractivity contribution in [1.29, 1.82) is 0 Å². The molecule has 1 fully saturated rings. The van der Waals surface area contributed by atoms with Crippen LogP contribution in [0.25, 0.3) is 0 Å². The summed E-state index contributed by atoms with van der Waals surface area (Å²) in [5.41, 5.74) is -1.52. The highest BCUT2D eigenvalue weighted by atomic mass is 16.4. The highest BCUT2D eigenvalue weighted by Crippen LogP contribution is 2.32. The van der Waals surface area contributed by atoms with Crippen LogP contribution in [0.15, 0.2) is 0 Å². The zero-order valence-electron chi connectivity index (χ0n) is 7.85. The van der Waals surface area contributed by atoms with Gasteiger partial charge in [-0.2, -0.15) is 0 Å². The highest BCUT2D eigenvalue weighted by molar-refractivity contribution is 4.97. The van der Waals surface area contributed by atoms with Crippen molar-refractivity contribution in [2.24, 2.45) is 0 Å². The molecule has 4 atom stereocenters. The third-order valence-electron chi connectivity index (χ3n) is 2.85. The topological polar surface area (TPSA) is 80.9 Å². The summed E-state index contributed by atoms with van der Waals surface area (Å²) < 4.78 is 0. The molecule has 0 amide bonds. The van der Waals surface area contributed by atoms with Gasteiger partial charge in [0.15, 0.2) is 0 Å². The molecule has 1 rings (SSSR count). The van der Waals surface area contributed by atoms with Gasteiger partial charge in [-0.3, -0.25) is 0 Å². The number of hydrogen-bond acceptors (Lipinski definition) is 4. The predicted molar refractivity (Wildman–Crippen MR) is 47.1 cm³/mol. The molecular formula is C9H18O4. The van der Waals surface area contributed by atoms with Crippen molar-refractivity contribution in [2.75, 3.05) is 0 Å². The van der Waals surface area contributed by atoms with Crippen molar-refractivity contribution >= 4 is 0 Å². The minimum Gasteiger partial charge on any atom is -0.391 e. The summed E-state index contributed by atoms with van der Waals surface area (Å²) in [5, 5.41) is 38.1. The first-order chi connectivity index (χ1) is 5.98. The Morgan fingerprint density at radius 2 is 1.92 bits per heavy atom. The molecule has 0 aliphatic heterocycles. The molecule has 0 radical (unpaired) electrons. The number of hydrogen-bond donors (Lipinski definition) is 4. The van der Waals surface area contributed by atoms with Gasteiger partial charge in [-0.25, -0.2) is 0 Å². The van der Waals surface area contributed by atoms with Crippen LogP contribution >= 0.6 is 0 Å². The van der Waals surface area contributed by atoms with Gasteiger partial charge in [-0.15, -0.1) is 0 Å². The summed E-state index contributed by atoms with van der Waals surface area (Å²) in [6.45, 7) is 1.41. The first kappa shape index (κ1) is 10.9. The van der Waals surface area contributed by atoms with Gasteiger partial charge in [0, 0.05) is 0 Å². The fourth-order valence-electron chi connectivity index (χ4n) is 1.93. The molecular weight excluding hydrogens is 172 g/mol. The van der Waals surface area contributed by atoms with E-state index in [2.05, 4.69) is 0 Å². The fraction of sp³-hybridized carbons (Fsp3) is 1.00. The normalized spacial score (nSPS) is 39.9. The van der Waals surface area contributed by atoms with Crippen LogP contribution in [-0.4, -0.2) is 44.3 Å². The largest absolute Gasteiger partial charge is 0.391 e. The van der Waals surface area contributed by atoms with Crippen molar-refractivity contribution in [3.63, 3.8) is 0 Å². The molecule has 4 heteroatoms. The molecule has 0 saturated heterocycles. The number of aliphatic hydroxyl groups excluding tert-OH is 3. The molecule has 0 aromatic heterocycles. The second-order valence-corrected chi connectivity index (χ2v) is 3.94. The average Bonchev–Trinajstić information content (AvgIpc) is 2.09. The van der Waals surface area contributed by atoms with Crippen LogP contribution in [0.2, 0.25) is 0 Å². The van der Waals surface area contributed by atoms with Crippen LogP contribution in [0.1, 0.15) is 32.6 Å². The Hall–Kier alpha value is -0.160. The van der Waals surface area contributed by atoms with E-state index >= 15 is 0 Å². The molecule has 0 aromatic carbocycles.